The van der Waals surface area contributed by atoms with Gasteiger partial charge < -0.3 is 12.4 Å². The van der Waals surface area contributed by atoms with E-state index in [2.05, 4.69) is 50.6 Å². The predicted octanol–water partition coefficient (Wildman–Crippen LogP) is 3.61. The van der Waals surface area contributed by atoms with Crippen LogP contribution in [-0.4, -0.2) is 19.5 Å². The van der Waals surface area contributed by atoms with Crippen molar-refractivity contribution >= 4 is 7.26 Å². The molecule has 0 saturated heterocycles. The molecule has 1 aromatic carbocycles. The fourth-order valence-electron chi connectivity index (χ4n) is 2.83. The van der Waals surface area contributed by atoms with Crippen molar-refractivity contribution in [3.63, 3.8) is 0 Å². The van der Waals surface area contributed by atoms with Crippen molar-refractivity contribution in [2.75, 3.05) is 19.5 Å². The van der Waals surface area contributed by atoms with Crippen molar-refractivity contribution in [3.8, 4) is 0 Å². The second kappa shape index (κ2) is 12.5. The van der Waals surface area contributed by atoms with Gasteiger partial charge in [-0.3, -0.25) is 0 Å². The Morgan fingerprint density at radius 2 is 1.29 bits per heavy atom. The smallest absolute Gasteiger partial charge is 0.0837 e. The molecule has 0 unspecified atom stereocenters. The van der Waals surface area contributed by atoms with Crippen LogP contribution in [-0.2, 0) is 6.16 Å². The standard InChI is InChI=1S/C19H34P.ClH/c1-4-5-6-7-8-9-10-14-17-20(2,3)18-19-15-12-11-13-16-19;/h11-13,15-16H,4-10,14,17-18H2,1-3H3;1H/q+1;/p-1. The third-order valence-corrected chi connectivity index (χ3v) is 6.82. The fourth-order valence-corrected chi connectivity index (χ4v) is 5.27. The molecule has 0 aliphatic rings. The van der Waals surface area contributed by atoms with Gasteiger partial charge in [0, 0.05) is 20.6 Å². The molecule has 0 aliphatic carbocycles. The van der Waals surface area contributed by atoms with E-state index in [1.807, 2.05) is 0 Å². The van der Waals surface area contributed by atoms with E-state index in [1.165, 1.54) is 69.3 Å². The summed E-state index contributed by atoms with van der Waals surface area (Å²) in [6.07, 6.45) is 14.3. The average molecular weight is 329 g/mol. The van der Waals surface area contributed by atoms with Gasteiger partial charge in [0.05, 0.1) is 12.3 Å². The third kappa shape index (κ3) is 11.2. The molecule has 1 aromatic rings. The molecule has 0 atom stereocenters. The predicted molar refractivity (Wildman–Crippen MR) is 96.4 cm³/mol. The highest BCUT2D eigenvalue weighted by atomic mass is 35.5. The first-order valence-electron chi connectivity index (χ1n) is 8.50. The minimum absolute atomic E-state index is 0. The number of hydrogen-bond donors (Lipinski definition) is 0. The van der Waals surface area contributed by atoms with Crippen molar-refractivity contribution in [3.05, 3.63) is 35.9 Å². The highest BCUT2D eigenvalue weighted by molar-refractivity contribution is 7.73. The molecule has 0 nitrogen and oxygen atoms in total. The van der Waals surface area contributed by atoms with Crippen LogP contribution in [0.15, 0.2) is 30.3 Å². The van der Waals surface area contributed by atoms with Gasteiger partial charge in [0.15, 0.2) is 0 Å². The summed E-state index contributed by atoms with van der Waals surface area (Å²) in [5, 5.41) is 0. The third-order valence-electron chi connectivity index (χ3n) is 4.07. The minimum Gasteiger partial charge on any atom is -1.00 e. The van der Waals surface area contributed by atoms with Crippen LogP contribution in [0.1, 0.15) is 63.9 Å². The van der Waals surface area contributed by atoms with E-state index < -0.39 is 7.26 Å². The maximum atomic E-state index is 2.53. The first-order valence-corrected chi connectivity index (χ1v) is 11.6. The van der Waals surface area contributed by atoms with Gasteiger partial charge in [-0.15, -0.1) is 0 Å². The molecule has 0 N–H and O–H groups in total. The van der Waals surface area contributed by atoms with Gasteiger partial charge in [0.2, 0.25) is 0 Å². The normalized spacial score (nSPS) is 11.2. The van der Waals surface area contributed by atoms with Crippen molar-refractivity contribution in [1.29, 1.82) is 0 Å². The van der Waals surface area contributed by atoms with Gasteiger partial charge in [-0.05, 0) is 18.4 Å². The van der Waals surface area contributed by atoms with Gasteiger partial charge in [0.25, 0.3) is 0 Å². The van der Waals surface area contributed by atoms with Crippen molar-refractivity contribution in [1.82, 2.24) is 0 Å². The van der Waals surface area contributed by atoms with Crippen molar-refractivity contribution < 1.29 is 12.4 Å². The molecule has 0 aliphatic heterocycles. The lowest BCUT2D eigenvalue weighted by atomic mass is 10.1. The Morgan fingerprint density at radius 1 is 0.762 bits per heavy atom. The maximum absolute atomic E-state index is 2.53. The molecule has 0 fully saturated rings. The average Bonchev–Trinajstić information content (AvgIpc) is 2.42. The zero-order chi connectivity index (χ0) is 14.7. The van der Waals surface area contributed by atoms with Gasteiger partial charge in [-0.2, -0.15) is 0 Å². The lowest BCUT2D eigenvalue weighted by Gasteiger charge is -2.18. The Balaban J connectivity index is 0.00000400. The summed E-state index contributed by atoms with van der Waals surface area (Å²) in [4.78, 5) is 0. The van der Waals surface area contributed by atoms with E-state index in [4.69, 9.17) is 0 Å². The summed E-state index contributed by atoms with van der Waals surface area (Å²) in [6, 6.07) is 11.0. The molecular formula is C19H34ClP. The Hall–Kier alpha value is -0.0600. The Labute approximate surface area is 139 Å². The first kappa shape index (κ1) is 20.9. The van der Waals surface area contributed by atoms with E-state index in [1.54, 1.807) is 0 Å². The highest BCUT2D eigenvalue weighted by Gasteiger charge is 2.24. The quantitative estimate of drug-likeness (QED) is 0.430. The second-order valence-corrected chi connectivity index (χ2v) is 11.4. The Morgan fingerprint density at radius 3 is 1.86 bits per heavy atom. The second-order valence-electron chi connectivity index (χ2n) is 6.78. The molecule has 0 radical (unpaired) electrons. The lowest BCUT2D eigenvalue weighted by Crippen LogP contribution is -3.00. The van der Waals surface area contributed by atoms with Crippen LogP contribution in [0, 0.1) is 0 Å². The summed E-state index contributed by atoms with van der Waals surface area (Å²) >= 11 is 0. The Bertz CT molecular complexity index is 335. The zero-order valence-electron chi connectivity index (χ0n) is 14.3. The molecule has 0 heterocycles. The number of benzene rings is 1. The van der Waals surface area contributed by atoms with Crippen molar-refractivity contribution in [2.45, 2.75) is 64.5 Å². The summed E-state index contributed by atoms with van der Waals surface area (Å²) < 4.78 is 0. The number of rotatable bonds is 11. The largest absolute Gasteiger partial charge is 1.00 e. The number of hydrogen-bond acceptors (Lipinski definition) is 0. The van der Waals surface area contributed by atoms with Crippen molar-refractivity contribution in [2.24, 2.45) is 0 Å². The maximum Gasteiger partial charge on any atom is 0.0837 e. The molecule has 0 bridgehead atoms. The number of halogens is 1. The fraction of sp³-hybridized carbons (Fsp3) is 0.684. The monoisotopic (exact) mass is 328 g/mol. The van der Waals surface area contributed by atoms with Gasteiger partial charge in [-0.1, -0.05) is 75.8 Å². The molecule has 1 rings (SSSR count). The van der Waals surface area contributed by atoms with Gasteiger partial charge in [0.1, 0.15) is 0 Å². The Kier molecular flexibility index (Phi) is 12.4. The lowest BCUT2D eigenvalue weighted by molar-refractivity contribution is -0.00000458. The molecule has 2 heteroatoms. The van der Waals surface area contributed by atoms with Crippen LogP contribution in [0.5, 0.6) is 0 Å². The van der Waals surface area contributed by atoms with Crippen LogP contribution >= 0.6 is 7.26 Å². The molecule has 21 heavy (non-hydrogen) atoms. The molecular weight excluding hydrogens is 295 g/mol. The SMILES string of the molecule is CCCCCCCCCC[P+](C)(C)Cc1ccccc1.[Cl-]. The van der Waals surface area contributed by atoms with Crippen LogP contribution < -0.4 is 12.4 Å². The van der Waals surface area contributed by atoms with Gasteiger partial charge in [-0.25, -0.2) is 0 Å². The van der Waals surface area contributed by atoms with Crippen LogP contribution in [0.25, 0.3) is 0 Å². The summed E-state index contributed by atoms with van der Waals surface area (Å²) in [6.45, 7) is 7.35. The van der Waals surface area contributed by atoms with Crippen LogP contribution in [0.4, 0.5) is 0 Å². The molecule has 0 saturated carbocycles. The van der Waals surface area contributed by atoms with E-state index in [9.17, 15) is 0 Å². The van der Waals surface area contributed by atoms with Crippen LogP contribution in [0.2, 0.25) is 0 Å². The zero-order valence-corrected chi connectivity index (χ0v) is 15.9. The van der Waals surface area contributed by atoms with Gasteiger partial charge >= 0.3 is 0 Å². The molecule has 122 valence electrons. The topological polar surface area (TPSA) is 0 Å². The van der Waals surface area contributed by atoms with E-state index >= 15 is 0 Å². The first-order chi connectivity index (χ1) is 9.64. The van der Waals surface area contributed by atoms with E-state index in [-0.39, 0.29) is 12.4 Å². The summed E-state index contributed by atoms with van der Waals surface area (Å²) in [5.74, 6) is 0. The van der Waals surface area contributed by atoms with E-state index in [0.717, 1.165) is 0 Å². The van der Waals surface area contributed by atoms with E-state index in [0.29, 0.717) is 0 Å². The highest BCUT2D eigenvalue weighted by Crippen LogP contribution is 2.54. The molecule has 0 amide bonds. The minimum atomic E-state index is -0.731. The summed E-state index contributed by atoms with van der Waals surface area (Å²) in [7, 11) is -0.731. The summed E-state index contributed by atoms with van der Waals surface area (Å²) in [5.41, 5.74) is 1.53. The molecule has 0 aromatic heterocycles. The number of unbranched alkanes of at least 4 members (excludes halogenated alkanes) is 7. The van der Waals surface area contributed by atoms with Crippen LogP contribution in [0.3, 0.4) is 0 Å². The molecule has 0 spiro atoms.